The fraction of sp³-hybridized carbons (Fsp3) is 0.900. The highest BCUT2D eigenvalue weighted by atomic mass is 16.7. The van der Waals surface area contributed by atoms with E-state index in [1.165, 1.54) is 0 Å². The molecule has 2 N–H and O–H groups in total. The molecule has 1 saturated carbocycles. The van der Waals surface area contributed by atoms with Crippen LogP contribution >= 0.6 is 0 Å². The van der Waals surface area contributed by atoms with Crippen molar-refractivity contribution in [2.75, 3.05) is 0 Å². The first-order chi connectivity index (χ1) is 11.7. The van der Waals surface area contributed by atoms with Crippen LogP contribution in [0.15, 0.2) is 12.7 Å². The molecule has 0 aromatic heterocycles. The molecular formula is C20H36O5. The zero-order valence-electron chi connectivity index (χ0n) is 16.4. The van der Waals surface area contributed by atoms with Gasteiger partial charge in [-0.2, -0.15) is 0 Å². The Bertz CT molecular complexity index is 440. The molecule has 2 fully saturated rings. The lowest BCUT2D eigenvalue weighted by Gasteiger charge is -2.38. The summed E-state index contributed by atoms with van der Waals surface area (Å²) in [6.45, 7) is 13.7. The summed E-state index contributed by atoms with van der Waals surface area (Å²) < 4.78 is 17.5. The summed E-state index contributed by atoms with van der Waals surface area (Å²) in [6.07, 6.45) is 3.72. The first-order valence-corrected chi connectivity index (χ1v) is 9.62. The number of ether oxygens (including phenoxy) is 3. The molecule has 1 aliphatic heterocycles. The molecule has 25 heavy (non-hydrogen) atoms. The lowest BCUT2D eigenvalue weighted by atomic mass is 9.95. The van der Waals surface area contributed by atoms with Crippen molar-refractivity contribution in [1.29, 1.82) is 0 Å². The maximum Gasteiger partial charge on any atom is 0.164 e. The fourth-order valence-corrected chi connectivity index (χ4v) is 3.68. The van der Waals surface area contributed by atoms with E-state index < -0.39 is 12.4 Å². The third-order valence-electron chi connectivity index (χ3n) is 5.77. The molecule has 0 aromatic rings. The minimum absolute atomic E-state index is 0.0149. The van der Waals surface area contributed by atoms with Gasteiger partial charge in [-0.05, 0) is 59.3 Å². The van der Waals surface area contributed by atoms with Gasteiger partial charge in [0.25, 0.3) is 0 Å². The monoisotopic (exact) mass is 356 g/mol. The van der Waals surface area contributed by atoms with Crippen LogP contribution in [0.2, 0.25) is 0 Å². The van der Waals surface area contributed by atoms with E-state index in [0.717, 1.165) is 19.3 Å². The van der Waals surface area contributed by atoms with Crippen molar-refractivity contribution in [3.63, 3.8) is 0 Å². The van der Waals surface area contributed by atoms with Crippen LogP contribution in [0, 0.1) is 17.3 Å². The summed E-state index contributed by atoms with van der Waals surface area (Å²) in [6, 6.07) is 0. The molecule has 0 spiro atoms. The third-order valence-corrected chi connectivity index (χ3v) is 5.77. The number of hydrogen-bond donors (Lipinski definition) is 2. The molecule has 0 amide bonds. The van der Waals surface area contributed by atoms with E-state index >= 15 is 0 Å². The van der Waals surface area contributed by atoms with Gasteiger partial charge in [-0.3, -0.25) is 0 Å². The summed E-state index contributed by atoms with van der Waals surface area (Å²) in [5.41, 5.74) is -0.131. The molecule has 146 valence electrons. The molecular weight excluding hydrogens is 320 g/mol. The molecule has 2 aliphatic rings. The fourth-order valence-electron chi connectivity index (χ4n) is 3.68. The Kier molecular flexibility index (Phi) is 7.08. The van der Waals surface area contributed by atoms with E-state index in [2.05, 4.69) is 20.4 Å². The smallest absolute Gasteiger partial charge is 0.164 e. The Morgan fingerprint density at radius 3 is 2.64 bits per heavy atom. The van der Waals surface area contributed by atoms with E-state index in [4.69, 9.17) is 14.2 Å². The molecule has 1 saturated heterocycles. The maximum atomic E-state index is 10.2. The van der Waals surface area contributed by atoms with Crippen molar-refractivity contribution < 1.29 is 24.4 Å². The van der Waals surface area contributed by atoms with Gasteiger partial charge in [0.05, 0.1) is 24.4 Å². The van der Waals surface area contributed by atoms with Crippen LogP contribution in [0.5, 0.6) is 0 Å². The van der Waals surface area contributed by atoms with Crippen LogP contribution in [0.4, 0.5) is 0 Å². The Morgan fingerprint density at radius 1 is 1.36 bits per heavy atom. The zero-order chi connectivity index (χ0) is 18.8. The van der Waals surface area contributed by atoms with Crippen molar-refractivity contribution in [1.82, 2.24) is 0 Å². The number of hydrogen-bond acceptors (Lipinski definition) is 5. The quantitative estimate of drug-likeness (QED) is 0.490. The van der Waals surface area contributed by atoms with Gasteiger partial charge < -0.3 is 24.4 Å². The van der Waals surface area contributed by atoms with Crippen molar-refractivity contribution >= 4 is 0 Å². The Morgan fingerprint density at radius 2 is 2.04 bits per heavy atom. The van der Waals surface area contributed by atoms with Gasteiger partial charge in [-0.1, -0.05) is 13.0 Å². The molecule has 0 aromatic carbocycles. The minimum atomic E-state index is -0.692. The standard InChI is InChI=1S/C20H36O5/c1-7-15-10-17(21)14(5)25-18(15)24-13(4)8-9-16-11-20(16,6)19(22)23-12(2)3/h7,12-19,21-22H,1,8-11H2,2-6H3/t13-,14+,15-,16+,17-,18-,19?,20-/m1/s1. The summed E-state index contributed by atoms with van der Waals surface area (Å²) in [7, 11) is 0. The molecule has 0 radical (unpaired) electrons. The van der Waals surface area contributed by atoms with Crippen molar-refractivity contribution in [2.45, 2.75) is 97.3 Å². The number of aliphatic hydroxyl groups is 2. The van der Waals surface area contributed by atoms with Gasteiger partial charge in [-0.25, -0.2) is 0 Å². The average Bonchev–Trinajstić information content (AvgIpc) is 3.20. The van der Waals surface area contributed by atoms with E-state index in [1.807, 2.05) is 26.8 Å². The highest BCUT2D eigenvalue weighted by molar-refractivity contribution is 5.01. The van der Waals surface area contributed by atoms with Crippen LogP contribution in [-0.2, 0) is 14.2 Å². The molecule has 5 nitrogen and oxygen atoms in total. The second kappa shape index (κ2) is 8.49. The zero-order valence-corrected chi connectivity index (χ0v) is 16.4. The van der Waals surface area contributed by atoms with Crippen molar-refractivity contribution in [3.8, 4) is 0 Å². The van der Waals surface area contributed by atoms with Crippen LogP contribution in [0.25, 0.3) is 0 Å². The minimum Gasteiger partial charge on any atom is -0.390 e. The van der Waals surface area contributed by atoms with E-state index in [0.29, 0.717) is 12.3 Å². The molecule has 8 atom stereocenters. The molecule has 1 heterocycles. The highest BCUT2D eigenvalue weighted by Crippen LogP contribution is 2.57. The summed E-state index contributed by atoms with van der Waals surface area (Å²) >= 11 is 0. The lowest BCUT2D eigenvalue weighted by molar-refractivity contribution is -0.250. The molecule has 1 aliphatic carbocycles. The first kappa shape index (κ1) is 20.8. The van der Waals surface area contributed by atoms with Gasteiger partial charge in [0.15, 0.2) is 12.6 Å². The highest BCUT2D eigenvalue weighted by Gasteiger charge is 2.55. The Balaban J connectivity index is 1.76. The Labute approximate surface area is 152 Å². The average molecular weight is 357 g/mol. The summed E-state index contributed by atoms with van der Waals surface area (Å²) in [5.74, 6) is 0.483. The van der Waals surface area contributed by atoms with E-state index in [-0.39, 0.29) is 35.9 Å². The van der Waals surface area contributed by atoms with E-state index in [9.17, 15) is 10.2 Å². The lowest BCUT2D eigenvalue weighted by Crippen LogP contribution is -2.44. The predicted octanol–water partition coefficient (Wildman–Crippen LogP) is 3.24. The number of aliphatic hydroxyl groups excluding tert-OH is 2. The molecule has 2 rings (SSSR count). The predicted molar refractivity (Wildman–Crippen MR) is 96.9 cm³/mol. The SMILES string of the molecule is C=C[C@@H]1C[C@@H](O)[C@H](C)O[C@H]1O[C@H](C)CC[C@H]1C[C@@]1(C)C(O)OC(C)C. The Hall–Kier alpha value is -0.460. The second-order valence-electron chi connectivity index (χ2n) is 8.38. The first-order valence-electron chi connectivity index (χ1n) is 9.62. The largest absolute Gasteiger partial charge is 0.390 e. The maximum absolute atomic E-state index is 10.2. The number of rotatable bonds is 9. The topological polar surface area (TPSA) is 68.2 Å². The van der Waals surface area contributed by atoms with Crippen molar-refractivity contribution in [2.24, 2.45) is 17.3 Å². The third kappa shape index (κ3) is 5.27. The van der Waals surface area contributed by atoms with Gasteiger partial charge >= 0.3 is 0 Å². The van der Waals surface area contributed by atoms with E-state index in [1.54, 1.807) is 0 Å². The van der Waals surface area contributed by atoms with Gasteiger partial charge in [0.2, 0.25) is 0 Å². The summed E-state index contributed by atoms with van der Waals surface area (Å²) in [5, 5.41) is 20.2. The molecule has 1 unspecified atom stereocenters. The van der Waals surface area contributed by atoms with Gasteiger partial charge in [0, 0.05) is 11.3 Å². The normalized spacial score (nSPS) is 40.7. The van der Waals surface area contributed by atoms with Crippen LogP contribution in [-0.4, -0.2) is 47.2 Å². The van der Waals surface area contributed by atoms with Crippen molar-refractivity contribution in [3.05, 3.63) is 12.7 Å². The second-order valence-corrected chi connectivity index (χ2v) is 8.38. The van der Waals surface area contributed by atoms with Crippen LogP contribution in [0.3, 0.4) is 0 Å². The summed E-state index contributed by atoms with van der Waals surface area (Å²) in [4.78, 5) is 0. The molecule has 5 heteroatoms. The van der Waals surface area contributed by atoms with Crippen LogP contribution in [0.1, 0.15) is 60.3 Å². The van der Waals surface area contributed by atoms with Gasteiger partial charge in [-0.15, -0.1) is 6.58 Å². The molecule has 0 bridgehead atoms. The van der Waals surface area contributed by atoms with Gasteiger partial charge in [0.1, 0.15) is 0 Å². The van der Waals surface area contributed by atoms with Crippen LogP contribution < -0.4 is 0 Å².